The lowest BCUT2D eigenvalue weighted by Gasteiger charge is -2.27. The zero-order chi connectivity index (χ0) is 17.1. The van der Waals surface area contributed by atoms with Crippen LogP contribution in [0.15, 0.2) is 24.4 Å². The van der Waals surface area contributed by atoms with Crippen molar-refractivity contribution in [1.82, 2.24) is 9.78 Å². The van der Waals surface area contributed by atoms with Gasteiger partial charge in [-0.25, -0.2) is 9.25 Å². The van der Waals surface area contributed by atoms with Gasteiger partial charge in [-0.3, -0.25) is 19.2 Å². The van der Waals surface area contributed by atoms with E-state index in [9.17, 15) is 24.7 Å². The molecule has 12 heteroatoms. The highest BCUT2D eigenvalue weighted by Crippen LogP contribution is 2.52. The molecular formula is C12H12N3O8P. The maximum absolute atomic E-state index is 11.5. The summed E-state index contributed by atoms with van der Waals surface area (Å²) in [6.07, 6.45) is -2.82. The molecule has 0 radical (unpaired) electrons. The highest BCUT2D eigenvalue weighted by atomic mass is 31.2. The number of nitro groups is 1. The Hall–Kier alpha value is -1.88. The van der Waals surface area contributed by atoms with Crippen LogP contribution in [0.4, 0.5) is 5.69 Å². The van der Waals surface area contributed by atoms with E-state index < -0.39 is 37.3 Å². The lowest BCUT2D eigenvalue weighted by molar-refractivity contribution is -0.383. The molecule has 1 unspecified atom stereocenters. The molecule has 2 aromatic rings. The van der Waals surface area contributed by atoms with E-state index in [2.05, 4.69) is 9.62 Å². The quantitative estimate of drug-likeness (QED) is 0.451. The summed E-state index contributed by atoms with van der Waals surface area (Å²) in [5, 5.41) is 25.8. The van der Waals surface area contributed by atoms with Gasteiger partial charge in [0.1, 0.15) is 18.3 Å². The Morgan fingerprint density at radius 3 is 3.00 bits per heavy atom. The molecule has 2 saturated heterocycles. The van der Waals surface area contributed by atoms with Crippen LogP contribution in [-0.2, 0) is 18.3 Å². The van der Waals surface area contributed by atoms with Crippen LogP contribution >= 0.6 is 7.82 Å². The number of benzene rings is 1. The molecule has 1 aromatic carbocycles. The van der Waals surface area contributed by atoms with Crippen LogP contribution in [0.3, 0.4) is 0 Å². The van der Waals surface area contributed by atoms with Crippen LogP contribution in [0.1, 0.15) is 6.23 Å². The zero-order valence-electron chi connectivity index (χ0n) is 12.0. The lowest BCUT2D eigenvalue weighted by Crippen LogP contribution is -2.39. The van der Waals surface area contributed by atoms with Crippen molar-refractivity contribution in [2.75, 3.05) is 6.61 Å². The van der Waals surface area contributed by atoms with Gasteiger partial charge in [0.25, 0.3) is 5.69 Å². The van der Waals surface area contributed by atoms with Crippen LogP contribution in [0, 0.1) is 10.1 Å². The van der Waals surface area contributed by atoms with Crippen molar-refractivity contribution in [3.63, 3.8) is 0 Å². The molecule has 1 aromatic heterocycles. The van der Waals surface area contributed by atoms with Crippen molar-refractivity contribution in [2.45, 2.75) is 24.5 Å². The third-order valence-electron chi connectivity index (χ3n) is 4.02. The summed E-state index contributed by atoms with van der Waals surface area (Å²) in [7, 11) is -4.23. The minimum atomic E-state index is -4.23. The molecule has 0 saturated carbocycles. The summed E-state index contributed by atoms with van der Waals surface area (Å²) in [5.74, 6) is 0. The lowest BCUT2D eigenvalue weighted by atomic mass is 10.1. The summed E-state index contributed by atoms with van der Waals surface area (Å²) in [4.78, 5) is 19.9. The first-order valence-corrected chi connectivity index (χ1v) is 8.47. The number of nitrogens with zero attached hydrogens (tertiary/aromatic N) is 3. The Morgan fingerprint density at radius 1 is 1.46 bits per heavy atom. The van der Waals surface area contributed by atoms with E-state index in [0.29, 0.717) is 5.52 Å². The van der Waals surface area contributed by atoms with E-state index in [0.717, 1.165) is 0 Å². The van der Waals surface area contributed by atoms with E-state index in [1.165, 1.54) is 23.0 Å². The fourth-order valence-corrected chi connectivity index (χ4v) is 3.92. The Kier molecular flexibility index (Phi) is 3.46. The van der Waals surface area contributed by atoms with E-state index in [4.69, 9.17) is 9.26 Å². The van der Waals surface area contributed by atoms with Crippen molar-refractivity contribution >= 4 is 24.4 Å². The minimum Gasteiger partial charge on any atom is -0.385 e. The van der Waals surface area contributed by atoms with E-state index in [1.54, 1.807) is 6.07 Å². The number of non-ortho nitro benzene ring substituents is 1. The van der Waals surface area contributed by atoms with Gasteiger partial charge in [-0.2, -0.15) is 5.10 Å². The van der Waals surface area contributed by atoms with E-state index >= 15 is 0 Å². The van der Waals surface area contributed by atoms with Gasteiger partial charge < -0.3 is 14.7 Å². The number of fused-ring (bicyclic) bond motifs is 2. The van der Waals surface area contributed by atoms with Gasteiger partial charge in [-0.1, -0.05) is 6.07 Å². The van der Waals surface area contributed by atoms with E-state index in [-0.39, 0.29) is 17.7 Å². The van der Waals surface area contributed by atoms with Crippen molar-refractivity contribution in [1.29, 1.82) is 0 Å². The maximum atomic E-state index is 11.5. The number of aromatic nitrogens is 2. The fourth-order valence-electron chi connectivity index (χ4n) is 2.96. The molecule has 0 spiro atoms. The smallest absolute Gasteiger partial charge is 0.385 e. The minimum absolute atomic E-state index is 0.122. The number of aliphatic hydroxyl groups excluding tert-OH is 1. The second-order valence-electron chi connectivity index (χ2n) is 5.45. The number of phosphoric ester groups is 1. The van der Waals surface area contributed by atoms with Gasteiger partial charge in [0.05, 0.1) is 28.6 Å². The van der Waals surface area contributed by atoms with Gasteiger partial charge in [0.2, 0.25) is 0 Å². The predicted molar refractivity (Wildman–Crippen MR) is 77.0 cm³/mol. The Labute approximate surface area is 134 Å². The van der Waals surface area contributed by atoms with E-state index in [1.807, 2.05) is 0 Å². The molecule has 2 aliphatic rings. The number of rotatable bonds is 2. The molecule has 11 nitrogen and oxygen atoms in total. The van der Waals surface area contributed by atoms with Crippen LogP contribution in [-0.4, -0.2) is 49.6 Å². The average molecular weight is 357 g/mol. The first kappa shape index (κ1) is 15.6. The molecule has 24 heavy (non-hydrogen) atoms. The average Bonchev–Trinajstić information content (AvgIpc) is 3.08. The van der Waals surface area contributed by atoms with Crippen LogP contribution in [0.2, 0.25) is 0 Å². The number of phosphoric acid groups is 1. The van der Waals surface area contributed by atoms with Crippen LogP contribution < -0.4 is 0 Å². The van der Waals surface area contributed by atoms with Crippen molar-refractivity contribution in [3.05, 3.63) is 34.5 Å². The standard InChI is InChI=1S/C12H12N3O8P/c16-10-11-9(5-21-24(19,20)23-11)22-12(10)14-7-2-1-3-8(15(17)18)6(7)4-13-14/h1-4,9-12,16H,5H2,(H,19,20)/t9-,10-,11-,12-/m1/s1. The number of aliphatic hydroxyl groups is 1. The largest absolute Gasteiger partial charge is 0.472 e. The Bertz CT molecular complexity index is 869. The monoisotopic (exact) mass is 357 g/mol. The SMILES string of the molecule is O=[N+]([O-])c1cccc2c1cnn2[C@@H]1O[C@@H]2COP(=O)(O)O[C@H]2[C@H]1O. The third-order valence-corrected chi connectivity index (χ3v) is 5.01. The number of hydrogen-bond acceptors (Lipinski definition) is 8. The van der Waals surface area contributed by atoms with Gasteiger partial charge in [0.15, 0.2) is 6.23 Å². The second kappa shape index (κ2) is 5.31. The highest BCUT2D eigenvalue weighted by molar-refractivity contribution is 7.47. The zero-order valence-corrected chi connectivity index (χ0v) is 12.9. The van der Waals surface area contributed by atoms with Gasteiger partial charge in [-0.15, -0.1) is 0 Å². The molecule has 4 rings (SSSR count). The van der Waals surface area contributed by atoms with Gasteiger partial charge in [0, 0.05) is 6.07 Å². The summed E-state index contributed by atoms with van der Waals surface area (Å²) in [6, 6.07) is 4.44. The molecule has 128 valence electrons. The fraction of sp³-hybridized carbons (Fsp3) is 0.417. The highest BCUT2D eigenvalue weighted by Gasteiger charge is 2.52. The summed E-state index contributed by atoms with van der Waals surface area (Å²) < 4.78 is 27.9. The maximum Gasteiger partial charge on any atom is 0.472 e. The van der Waals surface area contributed by atoms with Crippen LogP contribution in [0.5, 0.6) is 0 Å². The summed E-state index contributed by atoms with van der Waals surface area (Å²) in [5.41, 5.74) is 0.267. The Balaban J connectivity index is 1.73. The molecule has 2 N–H and O–H groups in total. The summed E-state index contributed by atoms with van der Waals surface area (Å²) >= 11 is 0. The second-order valence-corrected chi connectivity index (χ2v) is 6.85. The van der Waals surface area contributed by atoms with Crippen molar-refractivity contribution in [2.24, 2.45) is 0 Å². The third kappa shape index (κ3) is 2.34. The molecule has 2 aliphatic heterocycles. The van der Waals surface area contributed by atoms with Gasteiger partial charge >= 0.3 is 7.82 Å². The first-order valence-electron chi connectivity index (χ1n) is 6.97. The summed E-state index contributed by atoms with van der Waals surface area (Å²) in [6.45, 7) is -0.217. The molecule has 5 atom stereocenters. The topological polar surface area (TPSA) is 146 Å². The Morgan fingerprint density at radius 2 is 2.25 bits per heavy atom. The van der Waals surface area contributed by atoms with Crippen molar-refractivity contribution in [3.8, 4) is 0 Å². The number of ether oxygens (including phenoxy) is 1. The molecule has 0 aliphatic carbocycles. The van der Waals surface area contributed by atoms with Gasteiger partial charge in [-0.05, 0) is 6.07 Å². The number of hydrogen-bond donors (Lipinski definition) is 2. The molecular weight excluding hydrogens is 345 g/mol. The number of nitro benzene ring substituents is 1. The molecule has 0 amide bonds. The van der Waals surface area contributed by atoms with Crippen molar-refractivity contribution < 1.29 is 33.3 Å². The molecule has 2 fully saturated rings. The van der Waals surface area contributed by atoms with Crippen LogP contribution in [0.25, 0.3) is 10.9 Å². The molecule has 0 bridgehead atoms. The normalized spacial score (nSPS) is 35.9. The predicted octanol–water partition coefficient (Wildman–Crippen LogP) is 0.719. The first-order chi connectivity index (χ1) is 11.4. The molecule has 3 heterocycles.